The first-order valence-corrected chi connectivity index (χ1v) is 14.5. The van der Waals surface area contributed by atoms with Crippen LogP contribution in [0.3, 0.4) is 0 Å². The van der Waals surface area contributed by atoms with Crippen LogP contribution in [0.2, 0.25) is 0 Å². The Balaban J connectivity index is 1.55. The summed E-state index contributed by atoms with van der Waals surface area (Å²) in [7, 11) is 0. The lowest BCUT2D eigenvalue weighted by Crippen LogP contribution is -2.55. The summed E-state index contributed by atoms with van der Waals surface area (Å²) >= 11 is 0. The van der Waals surface area contributed by atoms with E-state index in [4.69, 9.17) is 9.57 Å². The molecule has 0 spiro atoms. The summed E-state index contributed by atoms with van der Waals surface area (Å²) in [5, 5.41) is 5.92. The van der Waals surface area contributed by atoms with Crippen molar-refractivity contribution in [3.05, 3.63) is 95.9 Å². The zero-order valence-corrected chi connectivity index (χ0v) is 24.5. The average molecular weight is 606 g/mol. The normalized spacial score (nSPS) is 15.0. The molecule has 4 rings (SSSR count). The summed E-state index contributed by atoms with van der Waals surface area (Å²) in [5.74, 6) is -2.40. The number of pyridine rings is 1. The monoisotopic (exact) mass is 605 g/mol. The molecule has 0 bridgehead atoms. The van der Waals surface area contributed by atoms with Crippen molar-refractivity contribution in [1.29, 1.82) is 0 Å². The molecular weight excluding hydrogens is 569 g/mol. The highest BCUT2D eigenvalue weighted by molar-refractivity contribution is 5.97. The van der Waals surface area contributed by atoms with Gasteiger partial charge in [0.2, 0.25) is 12.3 Å². The van der Waals surface area contributed by atoms with E-state index in [0.717, 1.165) is 44.9 Å². The van der Waals surface area contributed by atoms with Crippen molar-refractivity contribution >= 4 is 30.1 Å². The van der Waals surface area contributed by atoms with Crippen molar-refractivity contribution in [2.45, 2.75) is 51.9 Å². The van der Waals surface area contributed by atoms with Gasteiger partial charge in [-0.3, -0.25) is 19.2 Å². The Labute approximate surface area is 255 Å². The summed E-state index contributed by atoms with van der Waals surface area (Å²) in [5.41, 5.74) is 1.60. The number of rotatable bonds is 14. The highest BCUT2D eigenvalue weighted by atomic mass is 19.1. The van der Waals surface area contributed by atoms with Gasteiger partial charge in [0.1, 0.15) is 30.9 Å². The highest BCUT2D eigenvalue weighted by Crippen LogP contribution is 2.26. The lowest BCUT2D eigenvalue weighted by molar-refractivity contribution is -0.185. The molecular formula is C32H36FN5O6. The molecule has 0 unspecified atom stereocenters. The second kappa shape index (κ2) is 16.1. The largest absolute Gasteiger partial charge is 0.443 e. The van der Waals surface area contributed by atoms with Crippen LogP contribution in [0.25, 0.3) is 0 Å². The lowest BCUT2D eigenvalue weighted by atomic mass is 10.00. The van der Waals surface area contributed by atoms with Crippen LogP contribution in [0.4, 0.5) is 15.0 Å². The van der Waals surface area contributed by atoms with Crippen molar-refractivity contribution in [2.75, 3.05) is 18.4 Å². The van der Waals surface area contributed by atoms with E-state index >= 15 is 0 Å². The van der Waals surface area contributed by atoms with Crippen molar-refractivity contribution in [3.63, 3.8) is 0 Å². The topological polar surface area (TPSA) is 121 Å². The number of aromatic nitrogens is 1. The fourth-order valence-electron chi connectivity index (χ4n) is 4.80. The van der Waals surface area contributed by atoms with E-state index in [1.807, 2.05) is 55.5 Å². The molecule has 1 aliphatic rings. The van der Waals surface area contributed by atoms with Gasteiger partial charge in [-0.25, -0.2) is 29.2 Å². The molecule has 1 N–H and O–H groups in total. The minimum absolute atomic E-state index is 0.0277. The third kappa shape index (κ3) is 8.83. The first-order chi connectivity index (χ1) is 21.4. The van der Waals surface area contributed by atoms with E-state index in [9.17, 15) is 23.6 Å². The number of hydrogen-bond acceptors (Lipinski definition) is 7. The van der Waals surface area contributed by atoms with E-state index in [1.165, 1.54) is 6.07 Å². The minimum Gasteiger partial charge on any atom is -0.443 e. The Morgan fingerprint density at radius 2 is 1.73 bits per heavy atom. The summed E-state index contributed by atoms with van der Waals surface area (Å²) in [6, 6.07) is 19.7. The molecule has 2 heterocycles. The number of nitrogens with zero attached hydrogens (tertiary/aromatic N) is 4. The number of amides is 4. The maximum atomic E-state index is 14.2. The molecule has 11 nitrogen and oxygen atoms in total. The van der Waals surface area contributed by atoms with Crippen LogP contribution < -0.4 is 5.32 Å². The summed E-state index contributed by atoms with van der Waals surface area (Å²) in [4.78, 5) is 62.5. The number of unbranched alkanes of at least 4 members (excludes halogenated alkanes) is 1. The number of hydrazine groups is 1. The first kappa shape index (κ1) is 32.1. The molecule has 2 aromatic carbocycles. The van der Waals surface area contributed by atoms with Crippen LogP contribution in [0.15, 0.2) is 79.0 Å². The quantitative estimate of drug-likeness (QED) is 0.209. The number of hydroxylamine groups is 2. The smallest absolute Gasteiger partial charge is 0.429 e. The highest BCUT2D eigenvalue weighted by Gasteiger charge is 2.45. The van der Waals surface area contributed by atoms with E-state index in [-0.39, 0.29) is 38.5 Å². The van der Waals surface area contributed by atoms with Gasteiger partial charge >= 0.3 is 6.09 Å². The molecule has 1 saturated heterocycles. The van der Waals surface area contributed by atoms with Crippen molar-refractivity contribution in [3.8, 4) is 0 Å². The summed E-state index contributed by atoms with van der Waals surface area (Å²) in [6.07, 6.45) is 2.62. The van der Waals surface area contributed by atoms with Gasteiger partial charge in [-0.05, 0) is 36.1 Å². The fraction of sp³-hybridized carbons (Fsp3) is 0.344. The second-order valence-electron chi connectivity index (χ2n) is 10.3. The van der Waals surface area contributed by atoms with Crippen molar-refractivity contribution in [1.82, 2.24) is 20.1 Å². The minimum atomic E-state index is -1.09. The van der Waals surface area contributed by atoms with Gasteiger partial charge in [0.15, 0.2) is 0 Å². The standard InChI is InChI=1S/C32H36FN5O6/c1-2-3-14-26(20-36(23-39)44-22-25-12-8-5-9-13-25)31(41)38-28(30(40)35-29-16-15-27(33)19-34-29)17-18-37(38)32(42)43-21-24-10-6-4-7-11-24/h4-13,15-16,19,23,26,28H,2-3,14,17-18,20-22H2,1H3,(H,34,35,40)/t26-,28+/m1/s1. The number of halogens is 1. The molecule has 4 amide bonds. The maximum Gasteiger partial charge on any atom is 0.429 e. The molecule has 3 aromatic rings. The van der Waals surface area contributed by atoms with Gasteiger partial charge in [-0.1, -0.05) is 80.4 Å². The van der Waals surface area contributed by atoms with Crippen LogP contribution in [0.5, 0.6) is 0 Å². The molecule has 12 heteroatoms. The predicted molar refractivity (Wildman–Crippen MR) is 158 cm³/mol. The van der Waals surface area contributed by atoms with E-state index in [1.54, 1.807) is 12.1 Å². The average Bonchev–Trinajstić information content (AvgIpc) is 3.51. The van der Waals surface area contributed by atoms with Gasteiger partial charge in [0.05, 0.1) is 18.7 Å². The van der Waals surface area contributed by atoms with Crippen LogP contribution in [0.1, 0.15) is 43.7 Å². The molecule has 2 atom stereocenters. The maximum absolute atomic E-state index is 14.2. The Kier molecular flexibility index (Phi) is 11.8. The van der Waals surface area contributed by atoms with E-state index in [0.29, 0.717) is 19.3 Å². The van der Waals surface area contributed by atoms with Crippen LogP contribution in [0, 0.1) is 11.7 Å². The van der Waals surface area contributed by atoms with Crippen LogP contribution in [-0.2, 0) is 37.2 Å². The lowest BCUT2D eigenvalue weighted by Gasteiger charge is -2.34. The number of nitrogens with one attached hydrogen (secondary N) is 1. The molecule has 0 saturated carbocycles. The van der Waals surface area contributed by atoms with Crippen molar-refractivity contribution < 1.29 is 33.1 Å². The second-order valence-corrected chi connectivity index (χ2v) is 10.3. The summed E-state index contributed by atoms with van der Waals surface area (Å²) in [6.45, 7) is 2.01. The zero-order valence-electron chi connectivity index (χ0n) is 24.5. The first-order valence-electron chi connectivity index (χ1n) is 14.5. The molecule has 1 aromatic heterocycles. The predicted octanol–water partition coefficient (Wildman–Crippen LogP) is 4.71. The SMILES string of the molecule is CCCC[C@H](CN(C=O)OCc1ccccc1)C(=O)N1[C@H](C(=O)Nc2ccc(F)cn2)CCN1C(=O)OCc1ccccc1. The van der Waals surface area contributed by atoms with Gasteiger partial charge in [-0.15, -0.1) is 0 Å². The molecule has 1 fully saturated rings. The summed E-state index contributed by atoms with van der Waals surface area (Å²) < 4.78 is 18.9. The van der Waals surface area contributed by atoms with Gasteiger partial charge in [-0.2, -0.15) is 0 Å². The Morgan fingerprint density at radius 3 is 2.34 bits per heavy atom. The van der Waals surface area contributed by atoms with Crippen molar-refractivity contribution in [2.24, 2.45) is 5.92 Å². The van der Waals surface area contributed by atoms with Gasteiger partial charge in [0.25, 0.3) is 5.91 Å². The van der Waals surface area contributed by atoms with E-state index in [2.05, 4.69) is 10.3 Å². The zero-order chi connectivity index (χ0) is 31.3. The number of benzene rings is 2. The third-order valence-electron chi connectivity index (χ3n) is 7.11. The molecule has 1 aliphatic heterocycles. The number of carbonyl (C=O) groups excluding carboxylic acids is 4. The van der Waals surface area contributed by atoms with Crippen LogP contribution in [-0.4, -0.2) is 63.5 Å². The number of anilines is 1. The van der Waals surface area contributed by atoms with Crippen LogP contribution >= 0.6 is 0 Å². The van der Waals surface area contributed by atoms with Gasteiger partial charge in [0, 0.05) is 6.54 Å². The van der Waals surface area contributed by atoms with E-state index < -0.39 is 35.7 Å². The van der Waals surface area contributed by atoms with Gasteiger partial charge < -0.3 is 10.1 Å². The Hall–Kier alpha value is -4.84. The Morgan fingerprint density at radius 1 is 1.05 bits per heavy atom. The fourth-order valence-corrected chi connectivity index (χ4v) is 4.80. The number of carbonyl (C=O) groups is 4. The number of ether oxygens (including phenoxy) is 1. The molecule has 0 aliphatic carbocycles. The molecule has 232 valence electrons. The molecule has 0 radical (unpaired) electrons. The number of hydrogen-bond donors (Lipinski definition) is 1. The Bertz CT molecular complexity index is 1380. The molecule has 44 heavy (non-hydrogen) atoms. The third-order valence-corrected chi connectivity index (χ3v) is 7.11.